The quantitative estimate of drug-likeness (QED) is 0.828. The van der Waals surface area contributed by atoms with Gasteiger partial charge in [0.15, 0.2) is 5.65 Å². The zero-order chi connectivity index (χ0) is 12.5. The van der Waals surface area contributed by atoms with Crippen LogP contribution in [0.1, 0.15) is 12.8 Å². The molecule has 2 aromatic rings. The largest absolute Gasteiger partial charge is 0.481 e. The van der Waals surface area contributed by atoms with E-state index in [-0.39, 0.29) is 5.92 Å². The number of carboxylic acid groups (broad SMARTS) is 1. The minimum atomic E-state index is -0.731. The lowest BCUT2D eigenvalue weighted by molar-refractivity contribution is -0.141. The molecule has 18 heavy (non-hydrogen) atoms. The Balaban J connectivity index is 1.86. The number of carbonyl (C=O) groups is 1. The second kappa shape index (κ2) is 4.25. The Bertz CT molecular complexity index is 582. The molecule has 0 bridgehead atoms. The van der Waals surface area contributed by atoms with Gasteiger partial charge in [-0.15, -0.1) is 15.3 Å². The molecule has 3 heterocycles. The first kappa shape index (κ1) is 10.9. The van der Waals surface area contributed by atoms with Gasteiger partial charge in [0.2, 0.25) is 0 Å². The molecule has 0 amide bonds. The summed E-state index contributed by atoms with van der Waals surface area (Å²) in [6.07, 6.45) is 3.15. The van der Waals surface area contributed by atoms with Gasteiger partial charge in [-0.2, -0.15) is 4.52 Å². The highest BCUT2D eigenvalue weighted by atomic mass is 16.4. The first-order valence-electron chi connectivity index (χ1n) is 5.89. The molecule has 1 N–H and O–H groups in total. The molecule has 3 rings (SSSR count). The molecule has 1 saturated heterocycles. The van der Waals surface area contributed by atoms with Gasteiger partial charge in [-0.1, -0.05) is 0 Å². The predicted molar refractivity (Wildman–Crippen MR) is 63.4 cm³/mol. The van der Waals surface area contributed by atoms with Crippen molar-refractivity contribution in [3.63, 3.8) is 0 Å². The maximum absolute atomic E-state index is 11.0. The summed E-state index contributed by atoms with van der Waals surface area (Å²) in [6.45, 7) is 1.35. The molecule has 0 radical (unpaired) electrons. The minimum Gasteiger partial charge on any atom is -0.481 e. The second-order valence-electron chi connectivity index (χ2n) is 4.45. The molecule has 0 aromatic carbocycles. The fourth-order valence-electron chi connectivity index (χ4n) is 2.27. The van der Waals surface area contributed by atoms with Gasteiger partial charge in [0.1, 0.15) is 12.1 Å². The van der Waals surface area contributed by atoms with Crippen molar-refractivity contribution in [2.24, 2.45) is 5.92 Å². The number of hydrogen-bond donors (Lipinski definition) is 1. The summed E-state index contributed by atoms with van der Waals surface area (Å²) >= 11 is 0. The van der Waals surface area contributed by atoms with Crippen molar-refractivity contribution < 1.29 is 9.90 Å². The van der Waals surface area contributed by atoms with E-state index in [1.165, 1.54) is 6.33 Å². The van der Waals surface area contributed by atoms with Crippen LogP contribution in [0.15, 0.2) is 18.5 Å². The van der Waals surface area contributed by atoms with Crippen LogP contribution in [0.25, 0.3) is 5.65 Å². The first-order chi connectivity index (χ1) is 8.74. The normalized spacial score (nSPS) is 20.2. The summed E-state index contributed by atoms with van der Waals surface area (Å²) in [7, 11) is 0. The molecule has 2 aromatic heterocycles. The highest BCUT2D eigenvalue weighted by Crippen LogP contribution is 2.21. The number of aliphatic carboxylic acids is 1. The molecule has 0 unspecified atom stereocenters. The molecule has 0 aliphatic carbocycles. The lowest BCUT2D eigenvalue weighted by Crippen LogP contribution is -2.39. The lowest BCUT2D eigenvalue weighted by Gasteiger charge is -2.31. The number of anilines is 1. The number of rotatable bonds is 2. The number of hydrogen-bond acceptors (Lipinski definition) is 5. The van der Waals surface area contributed by atoms with E-state index in [1.54, 1.807) is 4.52 Å². The number of carboxylic acids is 1. The summed E-state index contributed by atoms with van der Waals surface area (Å²) in [5, 5.41) is 21.1. The van der Waals surface area contributed by atoms with Gasteiger partial charge in [-0.05, 0) is 25.0 Å². The van der Waals surface area contributed by atoms with Gasteiger partial charge in [0.05, 0.1) is 5.92 Å². The van der Waals surface area contributed by atoms with Crippen LogP contribution in [0, 0.1) is 5.92 Å². The lowest BCUT2D eigenvalue weighted by atomic mass is 9.98. The Morgan fingerprint density at radius 3 is 3.17 bits per heavy atom. The van der Waals surface area contributed by atoms with Gasteiger partial charge in [0.25, 0.3) is 0 Å². The first-order valence-corrected chi connectivity index (χ1v) is 5.89. The van der Waals surface area contributed by atoms with Crippen LogP contribution < -0.4 is 4.90 Å². The average Bonchev–Trinajstić information content (AvgIpc) is 2.86. The molecule has 1 atom stereocenters. The highest BCUT2D eigenvalue weighted by Gasteiger charge is 2.26. The Labute approximate surface area is 103 Å². The van der Waals surface area contributed by atoms with Crippen LogP contribution in [0.4, 0.5) is 5.82 Å². The van der Waals surface area contributed by atoms with E-state index in [0.29, 0.717) is 12.2 Å². The molecule has 1 aliphatic heterocycles. The van der Waals surface area contributed by atoms with E-state index in [4.69, 9.17) is 5.11 Å². The smallest absolute Gasteiger partial charge is 0.308 e. The number of aromatic nitrogens is 4. The summed E-state index contributed by atoms with van der Waals surface area (Å²) in [6, 6.07) is 3.69. The Morgan fingerprint density at radius 2 is 2.33 bits per heavy atom. The SMILES string of the molecule is O=C(O)[C@H]1CCCN(c2ccc3nncn3n2)C1. The maximum atomic E-state index is 11.0. The van der Waals surface area contributed by atoms with Gasteiger partial charge < -0.3 is 10.0 Å². The Kier molecular flexibility index (Phi) is 2.58. The van der Waals surface area contributed by atoms with Gasteiger partial charge in [0, 0.05) is 13.1 Å². The van der Waals surface area contributed by atoms with Gasteiger partial charge in [-0.25, -0.2) is 0 Å². The van der Waals surface area contributed by atoms with Crippen LogP contribution in [0.5, 0.6) is 0 Å². The van der Waals surface area contributed by atoms with E-state index in [9.17, 15) is 4.79 Å². The number of nitrogens with zero attached hydrogens (tertiary/aromatic N) is 5. The molecule has 7 heteroatoms. The maximum Gasteiger partial charge on any atom is 0.308 e. The molecular formula is C11H13N5O2. The summed E-state index contributed by atoms with van der Waals surface area (Å²) in [5.41, 5.74) is 0.686. The zero-order valence-corrected chi connectivity index (χ0v) is 9.73. The van der Waals surface area contributed by atoms with Crippen molar-refractivity contribution in [2.75, 3.05) is 18.0 Å². The van der Waals surface area contributed by atoms with Crippen molar-refractivity contribution in [2.45, 2.75) is 12.8 Å². The van der Waals surface area contributed by atoms with Crippen molar-refractivity contribution in [3.8, 4) is 0 Å². The molecule has 1 aliphatic rings. The predicted octanol–water partition coefficient (Wildman–Crippen LogP) is 0.425. The highest BCUT2D eigenvalue weighted by molar-refractivity contribution is 5.71. The molecule has 1 fully saturated rings. The van der Waals surface area contributed by atoms with Crippen molar-refractivity contribution in [3.05, 3.63) is 18.5 Å². The van der Waals surface area contributed by atoms with Crippen LogP contribution in [-0.2, 0) is 4.79 Å². The van der Waals surface area contributed by atoms with E-state index in [2.05, 4.69) is 15.3 Å². The molecular weight excluding hydrogens is 234 g/mol. The summed E-state index contributed by atoms with van der Waals surface area (Å²) < 4.78 is 1.60. The minimum absolute atomic E-state index is 0.308. The van der Waals surface area contributed by atoms with E-state index < -0.39 is 5.97 Å². The van der Waals surface area contributed by atoms with Crippen LogP contribution in [0.3, 0.4) is 0 Å². The van der Waals surface area contributed by atoms with Crippen molar-refractivity contribution >= 4 is 17.4 Å². The van der Waals surface area contributed by atoms with E-state index in [0.717, 1.165) is 25.2 Å². The molecule has 0 spiro atoms. The third-order valence-corrected chi connectivity index (χ3v) is 3.24. The summed E-state index contributed by atoms with van der Waals surface area (Å²) in [5.74, 6) is -0.268. The van der Waals surface area contributed by atoms with Crippen LogP contribution in [-0.4, -0.2) is 44.0 Å². The average molecular weight is 247 g/mol. The summed E-state index contributed by atoms with van der Waals surface area (Å²) in [4.78, 5) is 13.0. The number of piperidine rings is 1. The topological polar surface area (TPSA) is 83.6 Å². The third-order valence-electron chi connectivity index (χ3n) is 3.24. The van der Waals surface area contributed by atoms with Crippen molar-refractivity contribution in [1.82, 2.24) is 19.8 Å². The van der Waals surface area contributed by atoms with Gasteiger partial charge in [-0.3, -0.25) is 4.79 Å². The molecule has 0 saturated carbocycles. The van der Waals surface area contributed by atoms with E-state index >= 15 is 0 Å². The number of fused-ring (bicyclic) bond motifs is 1. The van der Waals surface area contributed by atoms with Crippen LogP contribution >= 0.6 is 0 Å². The molecule has 7 nitrogen and oxygen atoms in total. The third kappa shape index (κ3) is 1.87. The second-order valence-corrected chi connectivity index (χ2v) is 4.45. The van der Waals surface area contributed by atoms with E-state index in [1.807, 2.05) is 17.0 Å². The van der Waals surface area contributed by atoms with Crippen LogP contribution in [0.2, 0.25) is 0 Å². The zero-order valence-electron chi connectivity index (χ0n) is 9.73. The standard InChI is InChI=1S/C11H13N5O2/c17-11(18)8-2-1-5-15(6-8)10-4-3-9-13-12-7-16(9)14-10/h3-4,7-8H,1-2,5-6H2,(H,17,18)/t8-/m0/s1. The van der Waals surface area contributed by atoms with Crippen molar-refractivity contribution in [1.29, 1.82) is 0 Å². The fourth-order valence-corrected chi connectivity index (χ4v) is 2.27. The fraction of sp³-hybridized carbons (Fsp3) is 0.455. The Hall–Kier alpha value is -2.18. The molecule has 94 valence electrons. The Morgan fingerprint density at radius 1 is 1.44 bits per heavy atom. The monoisotopic (exact) mass is 247 g/mol. The van der Waals surface area contributed by atoms with Gasteiger partial charge >= 0.3 is 5.97 Å².